The summed E-state index contributed by atoms with van der Waals surface area (Å²) in [4.78, 5) is 12.9. The summed E-state index contributed by atoms with van der Waals surface area (Å²) in [6.07, 6.45) is 1.40. The number of hydrogen-bond donors (Lipinski definition) is 1. The molecule has 0 aromatic carbocycles. The van der Waals surface area contributed by atoms with E-state index in [-0.39, 0.29) is 0 Å². The number of thiophene rings is 1. The number of anilines is 1. The van der Waals surface area contributed by atoms with Crippen LogP contribution in [0.25, 0.3) is 10.2 Å². The van der Waals surface area contributed by atoms with E-state index in [9.17, 15) is 0 Å². The Bertz CT molecular complexity index is 600. The van der Waals surface area contributed by atoms with Gasteiger partial charge in [0.1, 0.15) is 16.5 Å². The predicted molar refractivity (Wildman–Crippen MR) is 86.9 cm³/mol. The maximum atomic E-state index is 5.72. The van der Waals surface area contributed by atoms with Crippen molar-refractivity contribution in [1.82, 2.24) is 14.9 Å². The van der Waals surface area contributed by atoms with Crippen molar-refractivity contribution >= 4 is 27.4 Å². The van der Waals surface area contributed by atoms with Crippen LogP contribution in [0, 0.1) is 0 Å². The smallest absolute Gasteiger partial charge is 0.146 e. The second kappa shape index (κ2) is 6.68. The summed E-state index contributed by atoms with van der Waals surface area (Å²) >= 11 is 1.67. The van der Waals surface area contributed by atoms with Gasteiger partial charge in [-0.05, 0) is 24.8 Å². The fourth-order valence-corrected chi connectivity index (χ4v) is 3.43. The Morgan fingerprint density at radius 1 is 1.43 bits per heavy atom. The summed E-state index contributed by atoms with van der Waals surface area (Å²) < 4.78 is 5.72. The standard InChI is InChI=1S/C15H22N4OS/c1-3-11-9-19(6-7-20-11)10-13-17-14(16-4-2)12-5-8-21-15(12)18-13/h5,8,11H,3-4,6-7,9-10H2,1-2H3,(H,16,17,18). The minimum atomic E-state index is 0.345. The Balaban J connectivity index is 1.79. The quantitative estimate of drug-likeness (QED) is 0.920. The molecule has 1 aliphatic heterocycles. The second-order valence-corrected chi connectivity index (χ2v) is 6.19. The number of ether oxygens (including phenoxy) is 1. The van der Waals surface area contributed by atoms with E-state index in [1.165, 1.54) is 0 Å². The van der Waals surface area contributed by atoms with Gasteiger partial charge in [-0.25, -0.2) is 9.97 Å². The maximum absolute atomic E-state index is 5.72. The summed E-state index contributed by atoms with van der Waals surface area (Å²) in [5.74, 6) is 1.86. The number of aromatic nitrogens is 2. The van der Waals surface area contributed by atoms with E-state index in [0.717, 1.165) is 61.1 Å². The Morgan fingerprint density at radius 3 is 3.14 bits per heavy atom. The molecule has 0 saturated carbocycles. The van der Waals surface area contributed by atoms with Crippen LogP contribution in [-0.2, 0) is 11.3 Å². The lowest BCUT2D eigenvalue weighted by atomic mass is 10.2. The van der Waals surface area contributed by atoms with E-state index in [1.807, 2.05) is 0 Å². The third kappa shape index (κ3) is 3.33. The lowest BCUT2D eigenvalue weighted by Crippen LogP contribution is -2.41. The minimum absolute atomic E-state index is 0.345. The van der Waals surface area contributed by atoms with Gasteiger partial charge in [0, 0.05) is 19.6 Å². The molecule has 1 N–H and O–H groups in total. The van der Waals surface area contributed by atoms with Crippen LogP contribution in [0.3, 0.4) is 0 Å². The Morgan fingerprint density at radius 2 is 2.33 bits per heavy atom. The Labute approximate surface area is 129 Å². The summed E-state index contributed by atoms with van der Waals surface area (Å²) in [6.45, 7) is 8.67. The van der Waals surface area contributed by atoms with Crippen LogP contribution in [0.15, 0.2) is 11.4 Å². The Kier molecular flexibility index (Phi) is 4.67. The zero-order valence-electron chi connectivity index (χ0n) is 12.6. The van der Waals surface area contributed by atoms with Gasteiger partial charge in [-0.2, -0.15) is 0 Å². The molecule has 3 rings (SSSR count). The van der Waals surface area contributed by atoms with Gasteiger partial charge in [0.15, 0.2) is 0 Å². The van der Waals surface area contributed by atoms with E-state index in [1.54, 1.807) is 11.3 Å². The van der Waals surface area contributed by atoms with E-state index >= 15 is 0 Å². The molecule has 0 aliphatic carbocycles. The van der Waals surface area contributed by atoms with Gasteiger partial charge in [0.2, 0.25) is 0 Å². The molecule has 0 spiro atoms. The Hall–Kier alpha value is -1.24. The van der Waals surface area contributed by atoms with Crippen molar-refractivity contribution < 1.29 is 4.74 Å². The number of morpholine rings is 1. The molecule has 1 unspecified atom stereocenters. The zero-order chi connectivity index (χ0) is 14.7. The van der Waals surface area contributed by atoms with Crippen LogP contribution in [0.4, 0.5) is 5.82 Å². The van der Waals surface area contributed by atoms with E-state index in [4.69, 9.17) is 14.7 Å². The van der Waals surface area contributed by atoms with E-state index in [2.05, 4.69) is 35.5 Å². The highest BCUT2D eigenvalue weighted by Gasteiger charge is 2.20. The third-order valence-corrected chi connectivity index (χ3v) is 4.57. The number of fused-ring (bicyclic) bond motifs is 1. The van der Waals surface area contributed by atoms with Gasteiger partial charge in [0.25, 0.3) is 0 Å². The molecule has 0 bridgehead atoms. The first kappa shape index (κ1) is 14.7. The minimum Gasteiger partial charge on any atom is -0.376 e. The molecule has 5 nitrogen and oxygen atoms in total. The van der Waals surface area contributed by atoms with Crippen LogP contribution in [0.2, 0.25) is 0 Å². The van der Waals surface area contributed by atoms with E-state index < -0.39 is 0 Å². The number of nitrogens with one attached hydrogen (secondary N) is 1. The predicted octanol–water partition coefficient (Wildman–Crippen LogP) is 2.73. The van der Waals surface area contributed by atoms with E-state index in [0.29, 0.717) is 6.10 Å². The maximum Gasteiger partial charge on any atom is 0.146 e. The van der Waals surface area contributed by atoms with Crippen molar-refractivity contribution in [2.24, 2.45) is 0 Å². The monoisotopic (exact) mass is 306 g/mol. The van der Waals surface area contributed by atoms with Crippen molar-refractivity contribution in [3.63, 3.8) is 0 Å². The van der Waals surface area contributed by atoms with Crippen molar-refractivity contribution in [3.05, 3.63) is 17.3 Å². The average Bonchev–Trinajstić information content (AvgIpc) is 2.96. The zero-order valence-corrected chi connectivity index (χ0v) is 13.4. The molecule has 1 aliphatic rings. The van der Waals surface area contributed by atoms with Crippen LogP contribution in [0.5, 0.6) is 0 Å². The van der Waals surface area contributed by atoms with Gasteiger partial charge in [-0.1, -0.05) is 6.92 Å². The van der Waals surface area contributed by atoms with Crippen LogP contribution in [0.1, 0.15) is 26.1 Å². The molecule has 1 saturated heterocycles. The molecule has 0 radical (unpaired) electrons. The molecule has 0 amide bonds. The largest absolute Gasteiger partial charge is 0.376 e. The molecular weight excluding hydrogens is 284 g/mol. The van der Waals surface area contributed by atoms with Gasteiger partial charge in [-0.3, -0.25) is 4.90 Å². The summed E-state index contributed by atoms with van der Waals surface area (Å²) in [7, 11) is 0. The fourth-order valence-electron chi connectivity index (χ4n) is 2.64. The first-order valence-corrected chi connectivity index (χ1v) is 8.50. The van der Waals surface area contributed by atoms with Crippen LogP contribution in [-0.4, -0.2) is 47.2 Å². The van der Waals surface area contributed by atoms with Crippen LogP contribution < -0.4 is 5.32 Å². The number of hydrogen-bond acceptors (Lipinski definition) is 6. The molecule has 21 heavy (non-hydrogen) atoms. The fraction of sp³-hybridized carbons (Fsp3) is 0.600. The topological polar surface area (TPSA) is 50.3 Å². The van der Waals surface area contributed by atoms with Crippen molar-refractivity contribution in [2.75, 3.05) is 31.6 Å². The molecule has 2 aromatic heterocycles. The van der Waals surface area contributed by atoms with Crippen molar-refractivity contribution in [2.45, 2.75) is 32.9 Å². The second-order valence-electron chi connectivity index (χ2n) is 5.29. The first-order valence-electron chi connectivity index (χ1n) is 7.62. The molecule has 1 fully saturated rings. The summed E-state index contributed by atoms with van der Waals surface area (Å²) in [5.41, 5.74) is 0. The summed E-state index contributed by atoms with van der Waals surface area (Å²) in [5, 5.41) is 6.55. The van der Waals surface area contributed by atoms with Crippen molar-refractivity contribution in [1.29, 1.82) is 0 Å². The molecule has 2 aromatic rings. The summed E-state index contributed by atoms with van der Waals surface area (Å²) in [6, 6.07) is 2.09. The van der Waals surface area contributed by atoms with Gasteiger partial charge in [0.05, 0.1) is 24.6 Å². The number of rotatable bonds is 5. The lowest BCUT2D eigenvalue weighted by Gasteiger charge is -2.31. The normalized spacial score (nSPS) is 20.0. The van der Waals surface area contributed by atoms with Crippen LogP contribution >= 0.6 is 11.3 Å². The molecule has 1 atom stereocenters. The first-order chi connectivity index (χ1) is 10.3. The number of nitrogens with zero attached hydrogens (tertiary/aromatic N) is 3. The van der Waals surface area contributed by atoms with Gasteiger partial charge >= 0.3 is 0 Å². The molecule has 6 heteroatoms. The molecule has 3 heterocycles. The van der Waals surface area contributed by atoms with Gasteiger partial charge in [-0.15, -0.1) is 11.3 Å². The van der Waals surface area contributed by atoms with Crippen molar-refractivity contribution in [3.8, 4) is 0 Å². The SMILES string of the molecule is CCNc1nc(CN2CCOC(CC)C2)nc2sccc12. The third-order valence-electron chi connectivity index (χ3n) is 3.76. The van der Waals surface area contributed by atoms with Gasteiger partial charge < -0.3 is 10.1 Å². The lowest BCUT2D eigenvalue weighted by molar-refractivity contribution is -0.0331. The highest BCUT2D eigenvalue weighted by atomic mass is 32.1. The highest BCUT2D eigenvalue weighted by molar-refractivity contribution is 7.16. The molecular formula is C15H22N4OS. The average molecular weight is 306 g/mol. The molecule has 114 valence electrons. The highest BCUT2D eigenvalue weighted by Crippen LogP contribution is 2.25.